The standard InChI is InChI=1S/C19H23BrN2O/c1-13-9-10-14(11-16(13)20)21-12-18(23)22-17-8-6-5-7-15(17)19(2,3)4/h5-11,21H,12H2,1-4H3,(H,22,23). The van der Waals surface area contributed by atoms with Crippen molar-refractivity contribution < 1.29 is 4.79 Å². The number of nitrogens with one attached hydrogen (secondary N) is 2. The first-order chi connectivity index (χ1) is 10.8. The number of para-hydroxylation sites is 1. The molecule has 0 atom stereocenters. The van der Waals surface area contributed by atoms with Gasteiger partial charge in [0, 0.05) is 15.8 Å². The Morgan fingerprint density at radius 3 is 2.48 bits per heavy atom. The quantitative estimate of drug-likeness (QED) is 0.780. The lowest BCUT2D eigenvalue weighted by atomic mass is 9.86. The maximum absolute atomic E-state index is 12.2. The van der Waals surface area contributed by atoms with Gasteiger partial charge in [0.05, 0.1) is 6.54 Å². The van der Waals surface area contributed by atoms with Crippen LogP contribution in [0.1, 0.15) is 31.9 Å². The molecule has 2 rings (SSSR count). The second-order valence-electron chi connectivity index (χ2n) is 6.66. The van der Waals surface area contributed by atoms with E-state index in [0.717, 1.165) is 21.4 Å². The summed E-state index contributed by atoms with van der Waals surface area (Å²) in [5, 5.41) is 6.15. The molecule has 0 aliphatic heterocycles. The number of anilines is 2. The molecule has 0 saturated carbocycles. The number of halogens is 1. The van der Waals surface area contributed by atoms with Crippen LogP contribution in [0.25, 0.3) is 0 Å². The van der Waals surface area contributed by atoms with Crippen LogP contribution in [0.5, 0.6) is 0 Å². The molecule has 0 aliphatic rings. The highest BCUT2D eigenvalue weighted by Gasteiger charge is 2.18. The number of carbonyl (C=O) groups excluding carboxylic acids is 1. The predicted molar refractivity (Wildman–Crippen MR) is 101 cm³/mol. The highest BCUT2D eigenvalue weighted by molar-refractivity contribution is 9.10. The van der Waals surface area contributed by atoms with Gasteiger partial charge in [0.15, 0.2) is 0 Å². The number of hydrogen-bond acceptors (Lipinski definition) is 2. The molecule has 122 valence electrons. The topological polar surface area (TPSA) is 41.1 Å². The minimum atomic E-state index is -0.0570. The van der Waals surface area contributed by atoms with E-state index >= 15 is 0 Å². The maximum Gasteiger partial charge on any atom is 0.243 e. The first-order valence-electron chi connectivity index (χ1n) is 7.67. The zero-order valence-electron chi connectivity index (χ0n) is 14.0. The number of benzene rings is 2. The van der Waals surface area contributed by atoms with Crippen LogP contribution in [0.15, 0.2) is 46.9 Å². The van der Waals surface area contributed by atoms with Crippen molar-refractivity contribution in [3.8, 4) is 0 Å². The molecule has 0 radical (unpaired) electrons. The normalized spacial score (nSPS) is 11.2. The van der Waals surface area contributed by atoms with E-state index < -0.39 is 0 Å². The van der Waals surface area contributed by atoms with Gasteiger partial charge in [-0.25, -0.2) is 0 Å². The summed E-state index contributed by atoms with van der Waals surface area (Å²) >= 11 is 3.50. The highest BCUT2D eigenvalue weighted by Crippen LogP contribution is 2.29. The minimum Gasteiger partial charge on any atom is -0.376 e. The zero-order chi connectivity index (χ0) is 17.0. The lowest BCUT2D eigenvalue weighted by Gasteiger charge is -2.23. The van der Waals surface area contributed by atoms with Crippen molar-refractivity contribution in [2.75, 3.05) is 17.2 Å². The largest absolute Gasteiger partial charge is 0.376 e. The monoisotopic (exact) mass is 374 g/mol. The third-order valence-corrected chi connectivity index (χ3v) is 4.49. The number of hydrogen-bond donors (Lipinski definition) is 2. The molecule has 0 bridgehead atoms. The van der Waals surface area contributed by atoms with Gasteiger partial charge in [0.25, 0.3) is 0 Å². The van der Waals surface area contributed by atoms with Crippen molar-refractivity contribution in [3.05, 3.63) is 58.1 Å². The lowest BCUT2D eigenvalue weighted by Crippen LogP contribution is -2.24. The SMILES string of the molecule is Cc1ccc(NCC(=O)Nc2ccccc2C(C)(C)C)cc1Br. The Morgan fingerprint density at radius 1 is 1.13 bits per heavy atom. The number of amides is 1. The van der Waals surface area contributed by atoms with Crippen LogP contribution in [-0.2, 0) is 10.2 Å². The third kappa shape index (κ3) is 4.83. The van der Waals surface area contributed by atoms with Gasteiger partial charge < -0.3 is 10.6 Å². The van der Waals surface area contributed by atoms with E-state index in [2.05, 4.69) is 53.4 Å². The van der Waals surface area contributed by atoms with Gasteiger partial charge in [-0.3, -0.25) is 4.79 Å². The Morgan fingerprint density at radius 2 is 1.83 bits per heavy atom. The maximum atomic E-state index is 12.2. The fourth-order valence-electron chi connectivity index (χ4n) is 2.33. The van der Waals surface area contributed by atoms with Crippen LogP contribution < -0.4 is 10.6 Å². The van der Waals surface area contributed by atoms with E-state index in [9.17, 15) is 4.79 Å². The Kier molecular flexibility index (Phi) is 5.47. The molecule has 4 heteroatoms. The fraction of sp³-hybridized carbons (Fsp3) is 0.316. The van der Waals surface area contributed by atoms with Gasteiger partial charge >= 0.3 is 0 Å². The molecule has 0 aromatic heterocycles. The summed E-state index contributed by atoms with van der Waals surface area (Å²) in [5.41, 5.74) is 4.07. The molecule has 0 heterocycles. The highest BCUT2D eigenvalue weighted by atomic mass is 79.9. The van der Waals surface area contributed by atoms with Crippen molar-refractivity contribution in [1.29, 1.82) is 0 Å². The van der Waals surface area contributed by atoms with Crippen molar-refractivity contribution in [1.82, 2.24) is 0 Å². The smallest absolute Gasteiger partial charge is 0.243 e. The summed E-state index contributed by atoms with van der Waals surface area (Å²) in [5.74, 6) is -0.0570. The third-order valence-electron chi connectivity index (χ3n) is 3.63. The van der Waals surface area contributed by atoms with Crippen molar-refractivity contribution in [2.45, 2.75) is 33.1 Å². The average Bonchev–Trinajstić information content (AvgIpc) is 2.48. The second-order valence-corrected chi connectivity index (χ2v) is 7.52. The van der Waals surface area contributed by atoms with E-state index in [1.165, 1.54) is 5.56 Å². The van der Waals surface area contributed by atoms with Crippen LogP contribution in [0.2, 0.25) is 0 Å². The average molecular weight is 375 g/mol. The molecule has 3 nitrogen and oxygen atoms in total. The summed E-state index contributed by atoms with van der Waals surface area (Å²) in [6.45, 7) is 8.68. The van der Waals surface area contributed by atoms with Gasteiger partial charge in [-0.1, -0.05) is 61.0 Å². The molecule has 0 aliphatic carbocycles. The minimum absolute atomic E-state index is 0.0148. The van der Waals surface area contributed by atoms with E-state index in [4.69, 9.17) is 0 Å². The van der Waals surface area contributed by atoms with Gasteiger partial charge in [0.2, 0.25) is 5.91 Å². The molecule has 1 amide bonds. The molecule has 23 heavy (non-hydrogen) atoms. The second kappa shape index (κ2) is 7.18. The van der Waals surface area contributed by atoms with E-state index in [0.29, 0.717) is 0 Å². The van der Waals surface area contributed by atoms with Crippen LogP contribution >= 0.6 is 15.9 Å². The summed E-state index contributed by atoms with van der Waals surface area (Å²) in [6.07, 6.45) is 0. The molecule has 0 unspecified atom stereocenters. The number of aryl methyl sites for hydroxylation is 1. The van der Waals surface area contributed by atoms with Gasteiger partial charge in [-0.05, 0) is 41.7 Å². The van der Waals surface area contributed by atoms with Crippen molar-refractivity contribution in [3.63, 3.8) is 0 Å². The van der Waals surface area contributed by atoms with E-state index in [1.54, 1.807) is 0 Å². The predicted octanol–water partition coefficient (Wildman–Crippen LogP) is 5.11. The molecule has 0 saturated heterocycles. The van der Waals surface area contributed by atoms with Gasteiger partial charge in [-0.2, -0.15) is 0 Å². The molecule has 2 aromatic carbocycles. The molecule has 2 N–H and O–H groups in total. The Labute approximate surface area is 146 Å². The first kappa shape index (κ1) is 17.5. The van der Waals surface area contributed by atoms with E-state index in [1.807, 2.05) is 43.3 Å². The Bertz CT molecular complexity index is 705. The number of rotatable bonds is 4. The van der Waals surface area contributed by atoms with E-state index in [-0.39, 0.29) is 17.9 Å². The molecular weight excluding hydrogens is 352 g/mol. The van der Waals surface area contributed by atoms with Crippen LogP contribution in [0.4, 0.5) is 11.4 Å². The summed E-state index contributed by atoms with van der Waals surface area (Å²) in [4.78, 5) is 12.2. The fourth-order valence-corrected chi connectivity index (χ4v) is 2.70. The molecule has 2 aromatic rings. The van der Waals surface area contributed by atoms with Crippen LogP contribution in [0.3, 0.4) is 0 Å². The van der Waals surface area contributed by atoms with Gasteiger partial charge in [-0.15, -0.1) is 0 Å². The van der Waals surface area contributed by atoms with Crippen molar-refractivity contribution in [2.24, 2.45) is 0 Å². The van der Waals surface area contributed by atoms with Crippen LogP contribution in [0, 0.1) is 6.92 Å². The summed E-state index contributed by atoms with van der Waals surface area (Å²) < 4.78 is 1.03. The number of carbonyl (C=O) groups is 1. The van der Waals surface area contributed by atoms with Crippen LogP contribution in [-0.4, -0.2) is 12.5 Å². The van der Waals surface area contributed by atoms with Gasteiger partial charge in [0.1, 0.15) is 0 Å². The summed E-state index contributed by atoms with van der Waals surface area (Å²) in [6, 6.07) is 13.9. The molecule has 0 fully saturated rings. The first-order valence-corrected chi connectivity index (χ1v) is 8.46. The summed E-state index contributed by atoms with van der Waals surface area (Å²) in [7, 11) is 0. The molecule has 0 spiro atoms. The Hall–Kier alpha value is -1.81. The zero-order valence-corrected chi connectivity index (χ0v) is 15.6. The van der Waals surface area contributed by atoms with Crippen molar-refractivity contribution >= 4 is 33.2 Å². The Balaban J connectivity index is 2.02. The lowest BCUT2D eigenvalue weighted by molar-refractivity contribution is -0.114. The molecular formula is C19H23BrN2O.